The summed E-state index contributed by atoms with van der Waals surface area (Å²) >= 11 is 0. The predicted molar refractivity (Wildman–Crippen MR) is 126 cm³/mol. The van der Waals surface area contributed by atoms with Gasteiger partial charge in [0.25, 0.3) is 5.56 Å². The summed E-state index contributed by atoms with van der Waals surface area (Å²) in [5.74, 6) is -0.525. The zero-order valence-corrected chi connectivity index (χ0v) is 18.4. The number of benzene rings is 3. The van der Waals surface area contributed by atoms with Crippen LogP contribution in [0, 0.1) is 5.82 Å². The number of amides is 1. The van der Waals surface area contributed by atoms with Crippen molar-refractivity contribution in [2.75, 3.05) is 0 Å². The van der Waals surface area contributed by atoms with Gasteiger partial charge in [-0.2, -0.15) is 0 Å². The Morgan fingerprint density at radius 3 is 2.30 bits per heavy atom. The van der Waals surface area contributed by atoms with Crippen molar-refractivity contribution in [1.29, 1.82) is 0 Å². The van der Waals surface area contributed by atoms with E-state index < -0.39 is 17.1 Å². The Balaban J connectivity index is 1.80. The summed E-state index contributed by atoms with van der Waals surface area (Å²) in [4.78, 5) is 38.7. The first-order chi connectivity index (χ1) is 15.8. The van der Waals surface area contributed by atoms with E-state index in [0.717, 1.165) is 10.1 Å². The lowest BCUT2D eigenvalue weighted by molar-refractivity contribution is -0.120. The molecule has 7 heteroatoms. The van der Waals surface area contributed by atoms with E-state index in [2.05, 4.69) is 5.32 Å². The molecule has 1 heterocycles. The van der Waals surface area contributed by atoms with Crippen molar-refractivity contribution in [2.24, 2.45) is 0 Å². The largest absolute Gasteiger partial charge is 0.354 e. The van der Waals surface area contributed by atoms with Crippen molar-refractivity contribution >= 4 is 16.8 Å². The van der Waals surface area contributed by atoms with Gasteiger partial charge in [0.05, 0.1) is 29.6 Å². The van der Waals surface area contributed by atoms with E-state index in [9.17, 15) is 18.8 Å². The average molecular weight is 445 g/mol. The minimum atomic E-state index is -0.563. The van der Waals surface area contributed by atoms with E-state index in [4.69, 9.17) is 0 Å². The van der Waals surface area contributed by atoms with Crippen molar-refractivity contribution in [3.63, 3.8) is 0 Å². The number of halogens is 1. The number of hydrogen-bond acceptors (Lipinski definition) is 3. The molecular weight excluding hydrogens is 421 g/mol. The highest BCUT2D eigenvalue weighted by molar-refractivity contribution is 5.79. The standard InChI is InChI=1S/C26H24FN3O3/c1-17(2)28-24(31)15-18-11-13-20(14-12-18)30-25(32)21-8-4-6-10-23(21)29(26(30)33)16-19-7-3-5-9-22(19)27/h3-14,17H,15-16H2,1-2H3,(H,28,31). The third-order valence-corrected chi connectivity index (χ3v) is 5.35. The second-order valence-electron chi connectivity index (χ2n) is 8.18. The minimum Gasteiger partial charge on any atom is -0.354 e. The molecule has 4 rings (SSSR count). The van der Waals surface area contributed by atoms with Crippen LogP contribution >= 0.6 is 0 Å². The molecule has 0 aliphatic carbocycles. The summed E-state index contributed by atoms with van der Waals surface area (Å²) in [6, 6.07) is 19.8. The number of carbonyl (C=O) groups is 1. The Morgan fingerprint density at radius 1 is 0.939 bits per heavy atom. The number of rotatable bonds is 6. The Bertz CT molecular complexity index is 1440. The van der Waals surface area contributed by atoms with Crippen LogP contribution in [0.1, 0.15) is 25.0 Å². The summed E-state index contributed by atoms with van der Waals surface area (Å²) in [5.41, 5.74) is 0.914. The maximum atomic E-state index is 14.3. The lowest BCUT2D eigenvalue weighted by Gasteiger charge is -2.15. The van der Waals surface area contributed by atoms with Gasteiger partial charge in [0, 0.05) is 11.6 Å². The number of carbonyl (C=O) groups excluding carboxylic acids is 1. The molecule has 1 amide bonds. The van der Waals surface area contributed by atoms with Crippen LogP contribution in [0.2, 0.25) is 0 Å². The second kappa shape index (κ2) is 9.24. The van der Waals surface area contributed by atoms with Gasteiger partial charge < -0.3 is 5.32 Å². The van der Waals surface area contributed by atoms with Crippen LogP contribution in [0.5, 0.6) is 0 Å². The molecule has 0 fully saturated rings. The van der Waals surface area contributed by atoms with Crippen molar-refractivity contribution in [3.05, 3.63) is 111 Å². The van der Waals surface area contributed by atoms with Crippen molar-refractivity contribution < 1.29 is 9.18 Å². The number of para-hydroxylation sites is 1. The molecule has 168 valence electrons. The van der Waals surface area contributed by atoms with Gasteiger partial charge >= 0.3 is 5.69 Å². The minimum absolute atomic E-state index is 0.0141. The third kappa shape index (κ3) is 4.62. The number of fused-ring (bicyclic) bond motifs is 1. The molecule has 33 heavy (non-hydrogen) atoms. The first-order valence-electron chi connectivity index (χ1n) is 10.7. The molecule has 3 aromatic carbocycles. The van der Waals surface area contributed by atoms with Crippen LogP contribution in [0.25, 0.3) is 16.6 Å². The zero-order chi connectivity index (χ0) is 23.5. The Labute approximate surface area is 189 Å². The molecule has 6 nitrogen and oxygen atoms in total. The molecule has 0 spiro atoms. The van der Waals surface area contributed by atoms with Gasteiger partial charge in [-0.1, -0.05) is 42.5 Å². The topological polar surface area (TPSA) is 73.1 Å². The molecule has 0 radical (unpaired) electrons. The SMILES string of the molecule is CC(C)NC(=O)Cc1ccc(-n2c(=O)c3ccccc3n(Cc3ccccc3F)c2=O)cc1. The lowest BCUT2D eigenvalue weighted by atomic mass is 10.1. The smallest absolute Gasteiger partial charge is 0.336 e. The number of hydrogen-bond donors (Lipinski definition) is 1. The normalized spacial score (nSPS) is 11.2. The van der Waals surface area contributed by atoms with E-state index in [0.29, 0.717) is 22.2 Å². The Hall–Kier alpha value is -4.00. The molecule has 0 aliphatic rings. The quantitative estimate of drug-likeness (QED) is 0.494. The molecule has 0 bridgehead atoms. The fourth-order valence-corrected chi connectivity index (χ4v) is 3.82. The molecular formula is C26H24FN3O3. The first kappa shape index (κ1) is 22.2. The second-order valence-corrected chi connectivity index (χ2v) is 8.18. The number of nitrogens with one attached hydrogen (secondary N) is 1. The molecule has 0 unspecified atom stereocenters. The average Bonchev–Trinajstić information content (AvgIpc) is 2.78. The van der Waals surface area contributed by atoms with Crippen LogP contribution in [0.4, 0.5) is 4.39 Å². The fourth-order valence-electron chi connectivity index (χ4n) is 3.82. The Morgan fingerprint density at radius 2 is 1.61 bits per heavy atom. The number of aromatic nitrogens is 2. The fraction of sp³-hybridized carbons (Fsp3) is 0.192. The van der Waals surface area contributed by atoms with Crippen LogP contribution in [-0.2, 0) is 17.8 Å². The van der Waals surface area contributed by atoms with Crippen molar-refractivity contribution in [2.45, 2.75) is 32.9 Å². The van der Waals surface area contributed by atoms with Crippen molar-refractivity contribution in [3.8, 4) is 5.69 Å². The highest BCUT2D eigenvalue weighted by Gasteiger charge is 2.16. The summed E-state index contributed by atoms with van der Waals surface area (Å²) < 4.78 is 16.8. The van der Waals surface area contributed by atoms with Gasteiger partial charge in [-0.05, 0) is 49.7 Å². The molecule has 0 aliphatic heterocycles. The van der Waals surface area contributed by atoms with Crippen LogP contribution in [0.3, 0.4) is 0 Å². The molecule has 1 N–H and O–H groups in total. The predicted octanol–water partition coefficient (Wildman–Crippen LogP) is 3.41. The molecule has 4 aromatic rings. The van der Waals surface area contributed by atoms with Crippen molar-refractivity contribution in [1.82, 2.24) is 14.5 Å². The third-order valence-electron chi connectivity index (χ3n) is 5.35. The number of nitrogens with zero attached hydrogens (tertiary/aromatic N) is 2. The maximum absolute atomic E-state index is 14.3. The van der Waals surface area contributed by atoms with Crippen LogP contribution in [0.15, 0.2) is 82.4 Å². The van der Waals surface area contributed by atoms with E-state index in [1.807, 2.05) is 13.8 Å². The summed E-state index contributed by atoms with van der Waals surface area (Å²) in [7, 11) is 0. The van der Waals surface area contributed by atoms with E-state index >= 15 is 0 Å². The van der Waals surface area contributed by atoms with Gasteiger partial charge in [-0.3, -0.25) is 14.2 Å². The highest BCUT2D eigenvalue weighted by atomic mass is 19.1. The van der Waals surface area contributed by atoms with Crippen LogP contribution in [-0.4, -0.2) is 21.1 Å². The van der Waals surface area contributed by atoms with E-state index in [1.54, 1.807) is 66.7 Å². The lowest BCUT2D eigenvalue weighted by Crippen LogP contribution is -2.39. The highest BCUT2D eigenvalue weighted by Crippen LogP contribution is 2.14. The molecule has 0 atom stereocenters. The molecule has 1 aromatic heterocycles. The van der Waals surface area contributed by atoms with E-state index in [1.165, 1.54) is 10.6 Å². The Kier molecular flexibility index (Phi) is 6.22. The van der Waals surface area contributed by atoms with Gasteiger partial charge in [-0.15, -0.1) is 0 Å². The summed E-state index contributed by atoms with van der Waals surface area (Å²) in [5, 5.41) is 3.19. The summed E-state index contributed by atoms with van der Waals surface area (Å²) in [6.07, 6.45) is 0.197. The maximum Gasteiger partial charge on any atom is 0.336 e. The van der Waals surface area contributed by atoms with Gasteiger partial charge in [0.2, 0.25) is 5.91 Å². The van der Waals surface area contributed by atoms with Gasteiger partial charge in [0.1, 0.15) is 5.82 Å². The van der Waals surface area contributed by atoms with Gasteiger partial charge in [0.15, 0.2) is 0 Å². The molecule has 0 saturated heterocycles. The summed E-state index contributed by atoms with van der Waals surface area (Å²) in [6.45, 7) is 3.76. The van der Waals surface area contributed by atoms with Gasteiger partial charge in [-0.25, -0.2) is 13.8 Å². The van der Waals surface area contributed by atoms with Crippen LogP contribution < -0.4 is 16.6 Å². The first-order valence-corrected chi connectivity index (χ1v) is 10.7. The monoisotopic (exact) mass is 445 g/mol. The zero-order valence-electron chi connectivity index (χ0n) is 18.4. The van der Waals surface area contributed by atoms with E-state index in [-0.39, 0.29) is 24.9 Å². The molecule has 0 saturated carbocycles.